The van der Waals surface area contributed by atoms with Crippen LogP contribution < -0.4 is 0 Å². The molecule has 0 atom stereocenters. The van der Waals surface area contributed by atoms with Gasteiger partial charge in [-0.1, -0.05) is 29.8 Å². The van der Waals surface area contributed by atoms with Crippen molar-refractivity contribution in [1.82, 2.24) is 4.90 Å². The van der Waals surface area contributed by atoms with E-state index in [1.54, 1.807) is 30.0 Å². The molecule has 1 aromatic carbocycles. The Hall–Kier alpha value is -1.72. The van der Waals surface area contributed by atoms with E-state index in [-0.39, 0.29) is 5.91 Å². The lowest BCUT2D eigenvalue weighted by Crippen LogP contribution is -2.34. The molecule has 0 fully saturated rings. The summed E-state index contributed by atoms with van der Waals surface area (Å²) in [7, 11) is 1.64. The average Bonchev–Trinajstić information content (AvgIpc) is 3.06. The highest BCUT2D eigenvalue weighted by molar-refractivity contribution is 7.99. The van der Waals surface area contributed by atoms with E-state index in [1.807, 2.05) is 12.1 Å². The summed E-state index contributed by atoms with van der Waals surface area (Å²) >= 11 is 1.63. The van der Waals surface area contributed by atoms with Crippen LogP contribution in [-0.2, 0) is 21.8 Å². The largest absolute Gasteiger partial charge is 0.467 e. The molecule has 0 saturated heterocycles. The Bertz CT molecular complexity index is 581. The van der Waals surface area contributed by atoms with Crippen LogP contribution in [0.3, 0.4) is 0 Å². The predicted octanol–water partition coefficient (Wildman–Crippen LogP) is 3.50. The van der Waals surface area contributed by atoms with Gasteiger partial charge in [-0.2, -0.15) is 0 Å². The van der Waals surface area contributed by atoms with Crippen LogP contribution in [0.25, 0.3) is 0 Å². The molecule has 0 aliphatic rings. The highest BCUT2D eigenvalue weighted by Crippen LogP contribution is 2.15. The van der Waals surface area contributed by atoms with Gasteiger partial charge in [-0.05, 0) is 24.6 Å². The van der Waals surface area contributed by atoms with Gasteiger partial charge in [-0.25, -0.2) is 0 Å². The Morgan fingerprint density at radius 2 is 2.04 bits per heavy atom. The summed E-state index contributed by atoms with van der Waals surface area (Å²) in [5.41, 5.74) is 2.49. The number of ether oxygens (including phenoxy) is 1. The summed E-state index contributed by atoms with van der Waals surface area (Å²) in [6.45, 7) is 3.65. The Morgan fingerprint density at radius 1 is 1.26 bits per heavy atom. The molecule has 0 unspecified atom stereocenters. The Balaban J connectivity index is 1.82. The fourth-order valence-electron chi connectivity index (χ4n) is 2.12. The Morgan fingerprint density at radius 3 is 2.70 bits per heavy atom. The molecular weight excluding hydrogens is 310 g/mol. The van der Waals surface area contributed by atoms with Gasteiger partial charge in [0.05, 0.1) is 25.2 Å². The number of methoxy groups -OCH3 is 1. The lowest BCUT2D eigenvalue weighted by Gasteiger charge is -2.21. The van der Waals surface area contributed by atoms with Gasteiger partial charge in [0.25, 0.3) is 0 Å². The monoisotopic (exact) mass is 333 g/mol. The smallest absolute Gasteiger partial charge is 0.233 e. The number of hydrogen-bond donors (Lipinski definition) is 0. The highest BCUT2D eigenvalue weighted by Gasteiger charge is 2.15. The van der Waals surface area contributed by atoms with Crippen molar-refractivity contribution < 1.29 is 13.9 Å². The molecule has 23 heavy (non-hydrogen) atoms. The number of benzene rings is 1. The molecule has 2 rings (SSSR count). The Labute approximate surface area is 141 Å². The maximum atomic E-state index is 12.4. The molecule has 0 spiro atoms. The molecule has 0 bridgehead atoms. The first-order valence-electron chi connectivity index (χ1n) is 7.61. The number of amides is 1. The summed E-state index contributed by atoms with van der Waals surface area (Å²) in [6.07, 6.45) is 1.63. The Kier molecular flexibility index (Phi) is 7.23. The first kappa shape index (κ1) is 17.6. The normalized spacial score (nSPS) is 10.7. The fraction of sp³-hybridized carbons (Fsp3) is 0.389. The van der Waals surface area contributed by atoms with Gasteiger partial charge in [0.15, 0.2) is 0 Å². The van der Waals surface area contributed by atoms with Crippen molar-refractivity contribution in [2.24, 2.45) is 0 Å². The third kappa shape index (κ3) is 6.12. The summed E-state index contributed by atoms with van der Waals surface area (Å²) in [5, 5.41) is 0. The van der Waals surface area contributed by atoms with Crippen LogP contribution in [-0.4, -0.2) is 36.8 Å². The van der Waals surface area contributed by atoms with Crippen molar-refractivity contribution in [3.05, 3.63) is 59.5 Å². The van der Waals surface area contributed by atoms with Crippen LogP contribution in [0.4, 0.5) is 0 Å². The molecule has 1 heterocycles. The van der Waals surface area contributed by atoms with Gasteiger partial charge in [0, 0.05) is 19.4 Å². The molecule has 0 aliphatic carbocycles. The van der Waals surface area contributed by atoms with Crippen molar-refractivity contribution >= 4 is 17.7 Å². The second kappa shape index (κ2) is 9.43. The van der Waals surface area contributed by atoms with E-state index >= 15 is 0 Å². The van der Waals surface area contributed by atoms with E-state index in [2.05, 4.69) is 31.2 Å². The molecule has 0 radical (unpaired) electrons. The van der Waals surface area contributed by atoms with Crippen molar-refractivity contribution in [1.29, 1.82) is 0 Å². The zero-order chi connectivity index (χ0) is 16.5. The molecule has 124 valence electrons. The molecular formula is C18H23NO3S. The van der Waals surface area contributed by atoms with Crippen molar-refractivity contribution in [2.75, 3.05) is 26.0 Å². The molecule has 1 amide bonds. The number of furan rings is 1. The van der Waals surface area contributed by atoms with Crippen molar-refractivity contribution in [3.8, 4) is 0 Å². The van der Waals surface area contributed by atoms with Crippen LogP contribution in [0.5, 0.6) is 0 Å². The van der Waals surface area contributed by atoms with Gasteiger partial charge in [-0.15, -0.1) is 11.8 Å². The zero-order valence-corrected chi connectivity index (χ0v) is 14.5. The molecule has 5 heteroatoms. The topological polar surface area (TPSA) is 42.7 Å². The lowest BCUT2D eigenvalue weighted by molar-refractivity contribution is -0.129. The van der Waals surface area contributed by atoms with Crippen LogP contribution in [0.15, 0.2) is 47.1 Å². The van der Waals surface area contributed by atoms with Gasteiger partial charge in [0.1, 0.15) is 5.76 Å². The first-order chi connectivity index (χ1) is 11.2. The van der Waals surface area contributed by atoms with Gasteiger partial charge >= 0.3 is 0 Å². The quantitative estimate of drug-likeness (QED) is 0.704. The van der Waals surface area contributed by atoms with Gasteiger partial charge in [-0.3, -0.25) is 4.79 Å². The lowest BCUT2D eigenvalue weighted by atomic mass is 10.2. The molecule has 4 nitrogen and oxygen atoms in total. The van der Waals surface area contributed by atoms with E-state index in [4.69, 9.17) is 9.15 Å². The molecule has 2 aromatic rings. The fourth-order valence-corrected chi connectivity index (χ4v) is 3.00. The zero-order valence-electron chi connectivity index (χ0n) is 13.7. The summed E-state index contributed by atoms with van der Waals surface area (Å²) < 4.78 is 10.4. The third-order valence-corrected chi connectivity index (χ3v) is 4.45. The van der Waals surface area contributed by atoms with Gasteiger partial charge in [0.2, 0.25) is 5.91 Å². The number of carbonyl (C=O) groups is 1. The number of carbonyl (C=O) groups excluding carboxylic acids is 1. The number of nitrogens with zero attached hydrogens (tertiary/aromatic N) is 1. The summed E-state index contributed by atoms with van der Waals surface area (Å²) in [4.78, 5) is 14.2. The van der Waals surface area contributed by atoms with E-state index in [1.165, 1.54) is 11.1 Å². The first-order valence-corrected chi connectivity index (χ1v) is 8.77. The van der Waals surface area contributed by atoms with Crippen LogP contribution in [0.1, 0.15) is 16.9 Å². The van der Waals surface area contributed by atoms with E-state index < -0.39 is 0 Å². The van der Waals surface area contributed by atoms with E-state index in [0.717, 1.165) is 11.5 Å². The van der Waals surface area contributed by atoms with Crippen molar-refractivity contribution in [2.45, 2.75) is 19.2 Å². The second-order valence-electron chi connectivity index (χ2n) is 5.37. The standard InChI is InChI=1S/C18H23NO3S/c1-15-5-7-16(8-6-15)13-23-14-18(20)19(9-11-21-2)12-17-4-3-10-22-17/h3-8,10H,9,11-14H2,1-2H3. The van der Waals surface area contributed by atoms with Crippen molar-refractivity contribution in [3.63, 3.8) is 0 Å². The summed E-state index contributed by atoms with van der Waals surface area (Å²) in [5.74, 6) is 2.19. The number of aryl methyl sites for hydroxylation is 1. The number of hydrogen-bond acceptors (Lipinski definition) is 4. The molecule has 1 aromatic heterocycles. The highest BCUT2D eigenvalue weighted by atomic mass is 32.2. The van der Waals surface area contributed by atoms with Crippen LogP contribution in [0.2, 0.25) is 0 Å². The SMILES string of the molecule is COCCN(Cc1ccco1)C(=O)CSCc1ccc(C)cc1. The maximum Gasteiger partial charge on any atom is 0.233 e. The predicted molar refractivity (Wildman–Crippen MR) is 93.3 cm³/mol. The minimum atomic E-state index is 0.107. The van der Waals surface area contributed by atoms with Crippen LogP contribution >= 0.6 is 11.8 Å². The third-order valence-electron chi connectivity index (χ3n) is 3.46. The maximum absolute atomic E-state index is 12.4. The van der Waals surface area contributed by atoms with E-state index in [0.29, 0.717) is 25.4 Å². The molecule has 0 N–H and O–H groups in total. The number of rotatable bonds is 9. The van der Waals surface area contributed by atoms with E-state index in [9.17, 15) is 4.79 Å². The second-order valence-corrected chi connectivity index (χ2v) is 6.35. The average molecular weight is 333 g/mol. The number of thioether (sulfide) groups is 1. The van der Waals surface area contributed by atoms with Gasteiger partial charge < -0.3 is 14.1 Å². The van der Waals surface area contributed by atoms with Crippen LogP contribution in [0, 0.1) is 6.92 Å². The minimum absolute atomic E-state index is 0.107. The summed E-state index contributed by atoms with van der Waals surface area (Å²) in [6, 6.07) is 12.1. The minimum Gasteiger partial charge on any atom is -0.467 e. The molecule has 0 saturated carbocycles. The molecule has 0 aliphatic heterocycles.